The maximum atomic E-state index is 11.4. The van der Waals surface area contributed by atoms with Gasteiger partial charge in [0, 0.05) is 19.1 Å². The van der Waals surface area contributed by atoms with Crippen LogP contribution < -0.4 is 5.32 Å². The molecule has 0 spiro atoms. The lowest BCUT2D eigenvalue weighted by molar-refractivity contribution is -0.164. The van der Waals surface area contributed by atoms with E-state index in [4.69, 9.17) is 14.2 Å². The van der Waals surface area contributed by atoms with Crippen molar-refractivity contribution in [3.63, 3.8) is 0 Å². The first-order chi connectivity index (χ1) is 12.8. The molecule has 2 atom stereocenters. The van der Waals surface area contributed by atoms with Crippen LogP contribution in [-0.2, 0) is 20.8 Å². The lowest BCUT2D eigenvalue weighted by Crippen LogP contribution is -2.54. The van der Waals surface area contributed by atoms with Gasteiger partial charge < -0.3 is 19.5 Å². The molecular weight excluding hydrogens is 344 g/mol. The van der Waals surface area contributed by atoms with Crippen LogP contribution in [0.1, 0.15) is 46.1 Å². The normalized spacial score (nSPS) is 14.7. The van der Waals surface area contributed by atoms with Gasteiger partial charge in [0.25, 0.3) is 0 Å². The van der Waals surface area contributed by atoms with E-state index in [2.05, 4.69) is 11.4 Å². The molecule has 0 fully saturated rings. The second-order valence-corrected chi connectivity index (χ2v) is 7.40. The summed E-state index contributed by atoms with van der Waals surface area (Å²) in [6.07, 6.45) is 0.220. The van der Waals surface area contributed by atoms with E-state index in [0.717, 1.165) is 5.56 Å². The number of methoxy groups -OCH3 is 1. The number of nitrogens with one attached hydrogen (secondary N) is 1. The molecule has 0 saturated carbocycles. The Bertz CT molecular complexity index is 607. The average molecular weight is 376 g/mol. The lowest BCUT2D eigenvalue weighted by Gasteiger charge is -2.43. The smallest absolute Gasteiger partial charge is 0.407 e. The molecule has 0 aromatic heterocycles. The highest BCUT2D eigenvalue weighted by Gasteiger charge is 2.50. The van der Waals surface area contributed by atoms with Crippen LogP contribution in [0.3, 0.4) is 0 Å². The standard InChI is InChI=1S/C21H32N2O4/c1-6-23-19(24)26-14-10-13-18(25-5)21(16-22,20(2,3)4)27-15-17-11-8-7-9-12-17/h7-9,11-12,18H,6,10,13-15H2,1-5H3,(H,23,24)/t18-,21?/m0/s1. The fourth-order valence-corrected chi connectivity index (χ4v) is 2.95. The van der Waals surface area contributed by atoms with Gasteiger partial charge in [0.2, 0.25) is 0 Å². The van der Waals surface area contributed by atoms with E-state index in [1.54, 1.807) is 7.11 Å². The summed E-state index contributed by atoms with van der Waals surface area (Å²) in [4.78, 5) is 11.4. The molecule has 1 aromatic carbocycles. The summed E-state index contributed by atoms with van der Waals surface area (Å²) in [5.74, 6) is 0. The van der Waals surface area contributed by atoms with Crippen molar-refractivity contribution < 1.29 is 19.0 Å². The molecule has 0 saturated heterocycles. The number of rotatable bonds is 10. The minimum atomic E-state index is -1.14. The summed E-state index contributed by atoms with van der Waals surface area (Å²) in [6.45, 7) is 8.84. The van der Waals surface area contributed by atoms with Gasteiger partial charge in [0.1, 0.15) is 12.2 Å². The van der Waals surface area contributed by atoms with Gasteiger partial charge in [-0.3, -0.25) is 0 Å². The Balaban J connectivity index is 2.83. The van der Waals surface area contributed by atoms with Crippen LogP contribution in [0.5, 0.6) is 0 Å². The van der Waals surface area contributed by atoms with Crippen molar-refractivity contribution in [3.05, 3.63) is 35.9 Å². The number of alkyl carbamates (subject to hydrolysis) is 1. The molecule has 6 nitrogen and oxygen atoms in total. The number of hydrogen-bond donors (Lipinski definition) is 1. The first-order valence-electron chi connectivity index (χ1n) is 9.33. The number of hydrogen-bond acceptors (Lipinski definition) is 5. The fraction of sp³-hybridized carbons (Fsp3) is 0.619. The van der Waals surface area contributed by atoms with Crippen LogP contribution in [0.25, 0.3) is 0 Å². The van der Waals surface area contributed by atoms with Gasteiger partial charge in [-0.25, -0.2) is 4.79 Å². The second-order valence-electron chi connectivity index (χ2n) is 7.40. The summed E-state index contributed by atoms with van der Waals surface area (Å²) < 4.78 is 17.0. The Morgan fingerprint density at radius 3 is 2.44 bits per heavy atom. The summed E-state index contributed by atoms with van der Waals surface area (Å²) >= 11 is 0. The van der Waals surface area contributed by atoms with Crippen LogP contribution in [0.15, 0.2) is 30.3 Å². The van der Waals surface area contributed by atoms with Crippen molar-refractivity contribution in [3.8, 4) is 6.07 Å². The molecule has 1 amide bonds. The quantitative estimate of drug-likeness (QED) is 0.623. The third kappa shape index (κ3) is 6.53. The molecule has 1 rings (SSSR count). The SMILES string of the molecule is CCNC(=O)OCCC[C@H](OC)C(C#N)(OCc1ccccc1)C(C)(C)C. The molecule has 6 heteroatoms. The predicted molar refractivity (Wildman–Crippen MR) is 104 cm³/mol. The maximum absolute atomic E-state index is 11.4. The Labute approximate surface area is 162 Å². The van der Waals surface area contributed by atoms with E-state index in [-0.39, 0.29) is 6.61 Å². The van der Waals surface area contributed by atoms with Crippen LogP contribution in [-0.4, -0.2) is 38.1 Å². The van der Waals surface area contributed by atoms with E-state index in [1.165, 1.54) is 0 Å². The molecule has 0 radical (unpaired) electrons. The van der Waals surface area contributed by atoms with Gasteiger partial charge in [-0.1, -0.05) is 51.1 Å². The molecule has 150 valence electrons. The summed E-state index contributed by atoms with van der Waals surface area (Å²) in [5, 5.41) is 12.6. The van der Waals surface area contributed by atoms with Crippen molar-refractivity contribution in [2.75, 3.05) is 20.3 Å². The lowest BCUT2D eigenvalue weighted by atomic mass is 9.72. The Kier molecular flexibility index (Phi) is 9.27. The number of ether oxygens (including phenoxy) is 3. The van der Waals surface area contributed by atoms with Gasteiger partial charge in [-0.2, -0.15) is 5.26 Å². The van der Waals surface area contributed by atoms with E-state index in [1.807, 2.05) is 58.0 Å². The molecule has 0 aliphatic carbocycles. The van der Waals surface area contributed by atoms with Crippen molar-refractivity contribution >= 4 is 6.09 Å². The zero-order valence-electron chi connectivity index (χ0n) is 17.1. The molecule has 0 aliphatic rings. The fourth-order valence-electron chi connectivity index (χ4n) is 2.95. The number of carbonyl (C=O) groups excluding carboxylic acids is 1. The first kappa shape index (κ1) is 22.9. The topological polar surface area (TPSA) is 80.6 Å². The first-order valence-corrected chi connectivity index (χ1v) is 9.33. The largest absolute Gasteiger partial charge is 0.450 e. The van der Waals surface area contributed by atoms with Gasteiger partial charge in [0.05, 0.1) is 13.2 Å². The van der Waals surface area contributed by atoms with Gasteiger partial charge in [-0.15, -0.1) is 0 Å². The maximum Gasteiger partial charge on any atom is 0.407 e. The highest BCUT2D eigenvalue weighted by Crippen LogP contribution is 2.40. The van der Waals surface area contributed by atoms with E-state index < -0.39 is 23.2 Å². The molecule has 0 bridgehead atoms. The minimum absolute atomic E-state index is 0.260. The minimum Gasteiger partial charge on any atom is -0.450 e. The Morgan fingerprint density at radius 2 is 1.93 bits per heavy atom. The number of nitriles is 1. The molecule has 1 unspecified atom stereocenters. The van der Waals surface area contributed by atoms with E-state index in [9.17, 15) is 10.1 Å². The third-order valence-electron chi connectivity index (χ3n) is 4.49. The summed E-state index contributed by atoms with van der Waals surface area (Å²) in [5.41, 5.74) is -0.614. The van der Waals surface area contributed by atoms with Crippen LogP contribution in [0.4, 0.5) is 4.79 Å². The summed E-state index contributed by atoms with van der Waals surface area (Å²) in [6, 6.07) is 12.1. The van der Waals surface area contributed by atoms with Gasteiger partial charge >= 0.3 is 6.09 Å². The number of carbonyl (C=O) groups is 1. The van der Waals surface area contributed by atoms with Crippen LogP contribution in [0.2, 0.25) is 0 Å². The third-order valence-corrected chi connectivity index (χ3v) is 4.49. The Morgan fingerprint density at radius 1 is 1.26 bits per heavy atom. The second kappa shape index (κ2) is 10.9. The van der Waals surface area contributed by atoms with E-state index >= 15 is 0 Å². The number of benzene rings is 1. The number of nitrogens with zero attached hydrogens (tertiary/aromatic N) is 1. The predicted octanol–water partition coefficient (Wildman–Crippen LogP) is 4.05. The average Bonchev–Trinajstić information content (AvgIpc) is 2.63. The molecule has 1 aromatic rings. The zero-order valence-corrected chi connectivity index (χ0v) is 17.1. The molecular formula is C21H32N2O4. The summed E-state index contributed by atoms with van der Waals surface area (Å²) in [7, 11) is 1.58. The van der Waals surface area contributed by atoms with Crippen molar-refractivity contribution in [1.29, 1.82) is 5.26 Å². The van der Waals surface area contributed by atoms with Crippen LogP contribution in [0, 0.1) is 16.7 Å². The number of amides is 1. The van der Waals surface area contributed by atoms with Crippen molar-refractivity contribution in [2.45, 2.75) is 58.8 Å². The van der Waals surface area contributed by atoms with E-state index in [0.29, 0.717) is 26.0 Å². The zero-order chi connectivity index (χ0) is 20.3. The van der Waals surface area contributed by atoms with Crippen molar-refractivity contribution in [1.82, 2.24) is 5.32 Å². The highest BCUT2D eigenvalue weighted by molar-refractivity contribution is 5.66. The van der Waals surface area contributed by atoms with Gasteiger partial charge in [0.15, 0.2) is 5.60 Å². The highest BCUT2D eigenvalue weighted by atomic mass is 16.6. The molecule has 0 heterocycles. The van der Waals surface area contributed by atoms with Crippen molar-refractivity contribution in [2.24, 2.45) is 5.41 Å². The Hall–Kier alpha value is -2.10. The molecule has 1 N–H and O–H groups in total. The molecule has 27 heavy (non-hydrogen) atoms. The van der Waals surface area contributed by atoms with Crippen LogP contribution >= 0.6 is 0 Å². The van der Waals surface area contributed by atoms with Gasteiger partial charge in [-0.05, 0) is 25.3 Å². The monoisotopic (exact) mass is 376 g/mol. The molecule has 0 aliphatic heterocycles.